The number of rotatable bonds is 5. The third kappa shape index (κ3) is 4.54. The number of benzene rings is 2. The highest BCUT2D eigenvalue weighted by atomic mass is 35.5. The molecule has 3 rings (SSSR count). The predicted octanol–water partition coefficient (Wildman–Crippen LogP) is 5.85. The molecule has 0 aliphatic carbocycles. The van der Waals surface area contributed by atoms with Crippen LogP contribution in [0.4, 0.5) is 41.9 Å². The van der Waals surface area contributed by atoms with Gasteiger partial charge in [0.05, 0.1) is 15.5 Å². The Balaban J connectivity index is 2.01. The van der Waals surface area contributed by atoms with E-state index in [1.807, 2.05) is 0 Å². The van der Waals surface area contributed by atoms with E-state index in [2.05, 4.69) is 20.6 Å². The van der Waals surface area contributed by atoms with Gasteiger partial charge in [0.15, 0.2) is 0 Å². The number of hydrogen-bond donors (Lipinski definition) is 2. The van der Waals surface area contributed by atoms with E-state index in [1.54, 1.807) is 31.2 Å². The Labute approximate surface area is 167 Å². The van der Waals surface area contributed by atoms with E-state index in [1.165, 1.54) is 6.07 Å². The van der Waals surface area contributed by atoms with Crippen molar-refractivity contribution in [3.05, 3.63) is 75.1 Å². The van der Waals surface area contributed by atoms with Crippen LogP contribution in [-0.2, 0) is 6.18 Å². The summed E-state index contributed by atoms with van der Waals surface area (Å²) in [4.78, 5) is 18.6. The summed E-state index contributed by atoms with van der Waals surface area (Å²) in [7, 11) is 0. The molecule has 0 aliphatic heterocycles. The molecule has 1 aromatic heterocycles. The second-order valence-electron chi connectivity index (χ2n) is 5.93. The quantitative estimate of drug-likeness (QED) is 0.395. The molecule has 0 radical (unpaired) electrons. The van der Waals surface area contributed by atoms with E-state index in [0.29, 0.717) is 5.69 Å². The highest BCUT2D eigenvalue weighted by Gasteiger charge is 2.33. The molecule has 11 heteroatoms. The number of aryl methyl sites for hydroxylation is 1. The average Bonchev–Trinajstić information content (AvgIpc) is 2.64. The monoisotopic (exact) mass is 423 g/mol. The van der Waals surface area contributed by atoms with Crippen LogP contribution in [0.2, 0.25) is 5.02 Å². The molecule has 150 valence electrons. The Morgan fingerprint density at radius 3 is 2.34 bits per heavy atom. The molecule has 0 fully saturated rings. The molecule has 29 heavy (non-hydrogen) atoms. The number of nitrogens with one attached hydrogen (secondary N) is 2. The van der Waals surface area contributed by atoms with Crippen molar-refractivity contribution in [1.29, 1.82) is 0 Å². The van der Waals surface area contributed by atoms with Crippen LogP contribution in [0.1, 0.15) is 11.1 Å². The Hall–Kier alpha value is -3.40. The molecular weight excluding hydrogens is 411 g/mol. The van der Waals surface area contributed by atoms with Crippen LogP contribution in [0, 0.1) is 17.0 Å². The standard InChI is InChI=1S/C18H13ClF3N5O2/c1-10-4-2-3-5-14(10)26-17-15(27(28)29)16(23-9-24-17)25-11-6-7-13(19)12(8-11)18(20,21)22/h2-9H,1H3,(H2,23,24,25,26). The molecule has 2 N–H and O–H groups in total. The lowest BCUT2D eigenvalue weighted by molar-refractivity contribution is -0.383. The molecule has 0 bridgehead atoms. The first-order valence-electron chi connectivity index (χ1n) is 8.12. The van der Waals surface area contributed by atoms with Crippen molar-refractivity contribution >= 4 is 40.3 Å². The van der Waals surface area contributed by atoms with Gasteiger partial charge in [0.2, 0.25) is 11.6 Å². The van der Waals surface area contributed by atoms with Gasteiger partial charge in [0, 0.05) is 11.4 Å². The van der Waals surface area contributed by atoms with Crippen LogP contribution in [0.25, 0.3) is 0 Å². The fraction of sp³-hybridized carbons (Fsp3) is 0.111. The zero-order valence-electron chi connectivity index (χ0n) is 14.8. The minimum Gasteiger partial charge on any atom is -0.334 e. The maximum absolute atomic E-state index is 13.1. The van der Waals surface area contributed by atoms with Gasteiger partial charge in [-0.3, -0.25) is 10.1 Å². The van der Waals surface area contributed by atoms with Gasteiger partial charge in [-0.15, -0.1) is 0 Å². The van der Waals surface area contributed by atoms with Crippen LogP contribution < -0.4 is 10.6 Å². The molecule has 2 aromatic carbocycles. The van der Waals surface area contributed by atoms with Crippen LogP contribution >= 0.6 is 11.6 Å². The highest BCUT2D eigenvalue weighted by molar-refractivity contribution is 6.31. The van der Waals surface area contributed by atoms with Gasteiger partial charge in [0.25, 0.3) is 0 Å². The molecule has 0 saturated carbocycles. The van der Waals surface area contributed by atoms with Crippen molar-refractivity contribution in [3.8, 4) is 0 Å². The zero-order valence-corrected chi connectivity index (χ0v) is 15.5. The maximum Gasteiger partial charge on any atom is 0.417 e. The summed E-state index contributed by atoms with van der Waals surface area (Å²) in [6.07, 6.45) is -3.61. The van der Waals surface area contributed by atoms with Gasteiger partial charge in [-0.25, -0.2) is 9.97 Å². The van der Waals surface area contributed by atoms with Gasteiger partial charge >= 0.3 is 11.9 Å². The Morgan fingerprint density at radius 1 is 1.07 bits per heavy atom. The number of anilines is 4. The van der Waals surface area contributed by atoms with Gasteiger partial charge in [-0.2, -0.15) is 13.2 Å². The van der Waals surface area contributed by atoms with E-state index in [0.717, 1.165) is 24.0 Å². The summed E-state index contributed by atoms with van der Waals surface area (Å²) in [6, 6.07) is 10.1. The lowest BCUT2D eigenvalue weighted by atomic mass is 10.2. The van der Waals surface area contributed by atoms with E-state index >= 15 is 0 Å². The van der Waals surface area contributed by atoms with Gasteiger partial charge in [-0.05, 0) is 36.8 Å². The smallest absolute Gasteiger partial charge is 0.334 e. The van der Waals surface area contributed by atoms with Crippen molar-refractivity contribution in [3.63, 3.8) is 0 Å². The number of aromatic nitrogens is 2. The lowest BCUT2D eigenvalue weighted by Crippen LogP contribution is -2.08. The summed E-state index contributed by atoms with van der Waals surface area (Å²) in [5, 5.41) is 16.6. The molecule has 0 aliphatic rings. The highest BCUT2D eigenvalue weighted by Crippen LogP contribution is 2.38. The van der Waals surface area contributed by atoms with E-state index < -0.39 is 27.4 Å². The summed E-state index contributed by atoms with van der Waals surface area (Å²) < 4.78 is 39.2. The van der Waals surface area contributed by atoms with Crippen molar-refractivity contribution in [2.45, 2.75) is 13.1 Å². The van der Waals surface area contributed by atoms with Gasteiger partial charge in [0.1, 0.15) is 6.33 Å². The van der Waals surface area contributed by atoms with E-state index in [4.69, 9.17) is 11.6 Å². The van der Waals surface area contributed by atoms with Crippen molar-refractivity contribution < 1.29 is 18.1 Å². The average molecular weight is 424 g/mol. The van der Waals surface area contributed by atoms with Crippen LogP contribution in [0.5, 0.6) is 0 Å². The molecule has 0 atom stereocenters. The lowest BCUT2D eigenvalue weighted by Gasteiger charge is -2.13. The summed E-state index contributed by atoms with van der Waals surface area (Å²) in [5.41, 5.74) is -0.239. The number of para-hydroxylation sites is 1. The fourth-order valence-corrected chi connectivity index (χ4v) is 2.76. The predicted molar refractivity (Wildman–Crippen MR) is 103 cm³/mol. The topological polar surface area (TPSA) is 93.0 Å². The van der Waals surface area contributed by atoms with Crippen molar-refractivity contribution in [2.24, 2.45) is 0 Å². The molecule has 0 unspecified atom stereocenters. The zero-order chi connectivity index (χ0) is 21.2. The van der Waals surface area contributed by atoms with Gasteiger partial charge < -0.3 is 10.6 Å². The second-order valence-corrected chi connectivity index (χ2v) is 6.34. The van der Waals surface area contributed by atoms with Crippen molar-refractivity contribution in [2.75, 3.05) is 10.6 Å². The maximum atomic E-state index is 13.1. The number of nitro groups is 1. The summed E-state index contributed by atoms with van der Waals surface area (Å²) in [5.74, 6) is -0.372. The number of hydrogen-bond acceptors (Lipinski definition) is 6. The normalized spacial score (nSPS) is 11.2. The molecule has 0 saturated heterocycles. The number of halogens is 4. The van der Waals surface area contributed by atoms with E-state index in [9.17, 15) is 23.3 Å². The minimum absolute atomic E-state index is 0.0645. The first kappa shape index (κ1) is 20.3. The molecule has 7 nitrogen and oxygen atoms in total. The van der Waals surface area contributed by atoms with Gasteiger partial charge in [-0.1, -0.05) is 29.8 Å². The van der Waals surface area contributed by atoms with Crippen LogP contribution in [-0.4, -0.2) is 14.9 Å². The first-order valence-corrected chi connectivity index (χ1v) is 8.50. The fourth-order valence-electron chi connectivity index (χ4n) is 2.53. The largest absolute Gasteiger partial charge is 0.417 e. The molecular formula is C18H13ClF3N5O2. The molecule has 3 aromatic rings. The Kier molecular flexibility index (Phi) is 5.55. The minimum atomic E-state index is -4.68. The Bertz CT molecular complexity index is 1080. The summed E-state index contributed by atoms with van der Waals surface area (Å²) >= 11 is 5.60. The third-order valence-electron chi connectivity index (χ3n) is 3.94. The van der Waals surface area contributed by atoms with Crippen LogP contribution in [0.3, 0.4) is 0 Å². The Morgan fingerprint density at radius 2 is 1.72 bits per heavy atom. The van der Waals surface area contributed by atoms with E-state index in [-0.39, 0.29) is 17.3 Å². The number of alkyl halides is 3. The molecule has 1 heterocycles. The number of nitrogens with zero attached hydrogens (tertiary/aromatic N) is 3. The first-order chi connectivity index (χ1) is 13.7. The van der Waals surface area contributed by atoms with Crippen molar-refractivity contribution in [1.82, 2.24) is 9.97 Å². The SMILES string of the molecule is Cc1ccccc1Nc1ncnc(Nc2ccc(Cl)c(C(F)(F)F)c2)c1[N+](=O)[O-]. The molecule has 0 amide bonds. The second kappa shape index (κ2) is 7.92. The third-order valence-corrected chi connectivity index (χ3v) is 4.27. The van der Waals surface area contributed by atoms with Crippen LogP contribution in [0.15, 0.2) is 48.8 Å². The molecule has 0 spiro atoms. The summed E-state index contributed by atoms with van der Waals surface area (Å²) in [6.45, 7) is 1.81.